The molecule has 0 radical (unpaired) electrons. The van der Waals surface area contributed by atoms with Crippen LogP contribution in [-0.2, 0) is 0 Å². The summed E-state index contributed by atoms with van der Waals surface area (Å²) < 4.78 is 10.7. The summed E-state index contributed by atoms with van der Waals surface area (Å²) >= 11 is 0. The number of nitrogens with zero attached hydrogens (tertiary/aromatic N) is 2. The molecule has 1 N–H and O–H groups in total. The van der Waals surface area contributed by atoms with E-state index in [1.165, 1.54) is 14.2 Å². The fourth-order valence-electron chi connectivity index (χ4n) is 2.99. The second kappa shape index (κ2) is 4.64. The lowest BCUT2D eigenvalue weighted by Gasteiger charge is -2.21. The Morgan fingerprint density at radius 1 is 0.826 bits per heavy atom. The first-order valence-electron chi connectivity index (χ1n) is 6.85. The Hall–Kier alpha value is -3.22. The van der Waals surface area contributed by atoms with Crippen molar-refractivity contribution in [2.45, 2.75) is 0 Å². The van der Waals surface area contributed by atoms with Gasteiger partial charge in [-0.1, -0.05) is 24.3 Å². The Morgan fingerprint density at radius 3 is 1.65 bits per heavy atom. The number of carbonyl (C=O) groups excluding carboxylic acids is 2. The van der Waals surface area contributed by atoms with E-state index in [1.54, 1.807) is 24.3 Å². The second-order valence-corrected chi connectivity index (χ2v) is 5.04. The molecule has 0 spiro atoms. The van der Waals surface area contributed by atoms with Crippen LogP contribution in [0.2, 0.25) is 0 Å². The monoisotopic (exact) mass is 309 g/mol. The summed E-state index contributed by atoms with van der Waals surface area (Å²) in [7, 11) is 2.85. The Bertz CT molecular complexity index is 913. The minimum Gasteiger partial charge on any atom is -0.494 e. The smallest absolute Gasteiger partial charge is 0.198 e. The maximum atomic E-state index is 12.9. The predicted octanol–water partition coefficient (Wildman–Crippen LogP) is 1.75. The van der Waals surface area contributed by atoms with Crippen molar-refractivity contribution in [3.8, 4) is 11.5 Å². The van der Waals surface area contributed by atoms with Crippen LogP contribution in [0.5, 0.6) is 11.5 Å². The summed E-state index contributed by atoms with van der Waals surface area (Å²) in [5.74, 6) is -0.152. The molecule has 0 amide bonds. The van der Waals surface area contributed by atoms with E-state index < -0.39 is 0 Å². The predicted molar refractivity (Wildman–Crippen MR) is 80.3 cm³/mol. The van der Waals surface area contributed by atoms with Gasteiger partial charge in [0.25, 0.3) is 0 Å². The molecule has 1 aliphatic carbocycles. The van der Waals surface area contributed by atoms with Gasteiger partial charge in [0, 0.05) is 11.1 Å². The zero-order chi connectivity index (χ0) is 16.1. The number of rotatable bonds is 2. The van der Waals surface area contributed by atoms with Crippen molar-refractivity contribution in [3.05, 3.63) is 46.5 Å². The number of H-pyrrole nitrogens is 1. The van der Waals surface area contributed by atoms with Gasteiger partial charge in [0.1, 0.15) is 0 Å². The third-order valence-corrected chi connectivity index (χ3v) is 3.96. The summed E-state index contributed by atoms with van der Waals surface area (Å²) in [4.78, 5) is 25.8. The molecule has 0 saturated heterocycles. The molecule has 0 unspecified atom stereocenters. The van der Waals surface area contributed by atoms with E-state index in [0.717, 1.165) is 0 Å². The summed E-state index contributed by atoms with van der Waals surface area (Å²) in [6, 6.07) is 6.68. The molecule has 0 aliphatic heterocycles. The van der Waals surface area contributed by atoms with Crippen molar-refractivity contribution in [1.29, 1.82) is 0 Å². The van der Waals surface area contributed by atoms with Gasteiger partial charge in [0.05, 0.1) is 25.3 Å². The van der Waals surface area contributed by atoms with E-state index in [4.69, 9.17) is 9.47 Å². The first-order chi connectivity index (χ1) is 11.2. The number of fused-ring (bicyclic) bond motifs is 3. The van der Waals surface area contributed by atoms with Crippen LogP contribution in [0.3, 0.4) is 0 Å². The van der Waals surface area contributed by atoms with E-state index >= 15 is 0 Å². The molecule has 0 atom stereocenters. The van der Waals surface area contributed by atoms with E-state index in [-0.39, 0.29) is 34.2 Å². The Kier molecular flexibility index (Phi) is 2.71. The lowest BCUT2D eigenvalue weighted by atomic mass is 9.82. The van der Waals surface area contributed by atoms with E-state index in [0.29, 0.717) is 22.2 Å². The Morgan fingerprint density at radius 2 is 1.26 bits per heavy atom. The van der Waals surface area contributed by atoms with Crippen LogP contribution in [0.1, 0.15) is 31.8 Å². The number of methoxy groups -OCH3 is 2. The molecule has 7 heteroatoms. The molecule has 114 valence electrons. The average Bonchev–Trinajstić information content (AvgIpc) is 3.06. The maximum Gasteiger partial charge on any atom is 0.198 e. The van der Waals surface area contributed by atoms with Crippen LogP contribution in [0.4, 0.5) is 0 Å². The lowest BCUT2D eigenvalue weighted by molar-refractivity contribution is 0.0974. The summed E-state index contributed by atoms with van der Waals surface area (Å²) in [5, 5.41) is 10.5. The van der Waals surface area contributed by atoms with Crippen LogP contribution in [-0.4, -0.2) is 41.2 Å². The van der Waals surface area contributed by atoms with Gasteiger partial charge >= 0.3 is 0 Å². The fraction of sp³-hybridized carbons (Fsp3) is 0.125. The third kappa shape index (κ3) is 1.58. The summed E-state index contributed by atoms with van der Waals surface area (Å²) in [6.07, 6.45) is 0. The van der Waals surface area contributed by atoms with Crippen LogP contribution >= 0.6 is 0 Å². The molecule has 0 bridgehead atoms. The van der Waals surface area contributed by atoms with Gasteiger partial charge in [-0.05, 0) is 0 Å². The molecule has 3 aromatic rings. The quantitative estimate of drug-likeness (QED) is 0.606. The number of hydrogen-bond donors (Lipinski definition) is 1. The highest BCUT2D eigenvalue weighted by Gasteiger charge is 2.38. The number of nitrogens with one attached hydrogen (secondary N) is 1. The molecule has 0 saturated carbocycles. The number of carbonyl (C=O) groups is 2. The van der Waals surface area contributed by atoms with Gasteiger partial charge in [-0.3, -0.25) is 9.59 Å². The zero-order valence-electron chi connectivity index (χ0n) is 12.3. The molecular weight excluding hydrogens is 298 g/mol. The van der Waals surface area contributed by atoms with E-state index in [9.17, 15) is 9.59 Å². The second-order valence-electron chi connectivity index (χ2n) is 5.04. The molecule has 1 aromatic heterocycles. The molecule has 0 fully saturated rings. The third-order valence-electron chi connectivity index (χ3n) is 3.96. The minimum atomic E-state index is -0.296. The largest absolute Gasteiger partial charge is 0.494 e. The highest BCUT2D eigenvalue weighted by molar-refractivity contribution is 6.32. The molecule has 7 nitrogen and oxygen atoms in total. The molecule has 2 aromatic carbocycles. The van der Waals surface area contributed by atoms with Gasteiger partial charge < -0.3 is 9.47 Å². The minimum absolute atomic E-state index is 0.162. The Balaban J connectivity index is 2.20. The van der Waals surface area contributed by atoms with Crippen molar-refractivity contribution < 1.29 is 19.1 Å². The number of aromatic nitrogens is 3. The molecular formula is C16H11N3O4. The average molecular weight is 309 g/mol. The van der Waals surface area contributed by atoms with Crippen molar-refractivity contribution in [1.82, 2.24) is 15.4 Å². The number of ether oxygens (including phenoxy) is 2. The zero-order valence-corrected chi connectivity index (χ0v) is 12.3. The van der Waals surface area contributed by atoms with Crippen molar-refractivity contribution >= 4 is 22.6 Å². The first kappa shape index (κ1) is 13.4. The van der Waals surface area contributed by atoms with Gasteiger partial charge in [0.15, 0.2) is 34.1 Å². The topological polar surface area (TPSA) is 94.2 Å². The SMILES string of the molecule is COc1c2c(c(OC)c3n[nH]nc13)C(=O)c1ccccc1C2=O. The summed E-state index contributed by atoms with van der Waals surface area (Å²) in [5.41, 5.74) is 1.71. The molecule has 1 heterocycles. The van der Waals surface area contributed by atoms with Gasteiger partial charge in [-0.25, -0.2) is 0 Å². The summed E-state index contributed by atoms with van der Waals surface area (Å²) in [6.45, 7) is 0. The first-order valence-corrected chi connectivity index (χ1v) is 6.85. The molecule has 1 aliphatic rings. The van der Waals surface area contributed by atoms with Gasteiger partial charge in [-0.2, -0.15) is 15.4 Å². The van der Waals surface area contributed by atoms with Crippen LogP contribution in [0.25, 0.3) is 11.0 Å². The van der Waals surface area contributed by atoms with Crippen molar-refractivity contribution in [2.75, 3.05) is 14.2 Å². The normalized spacial score (nSPS) is 13.0. The van der Waals surface area contributed by atoms with Crippen LogP contribution in [0.15, 0.2) is 24.3 Å². The fourth-order valence-corrected chi connectivity index (χ4v) is 2.99. The maximum absolute atomic E-state index is 12.9. The highest BCUT2D eigenvalue weighted by Crippen LogP contribution is 2.43. The van der Waals surface area contributed by atoms with Crippen molar-refractivity contribution in [2.24, 2.45) is 0 Å². The number of hydrogen-bond acceptors (Lipinski definition) is 6. The molecule has 4 rings (SSSR count). The van der Waals surface area contributed by atoms with E-state index in [1.807, 2.05) is 0 Å². The van der Waals surface area contributed by atoms with Gasteiger partial charge in [-0.15, -0.1) is 0 Å². The molecule has 23 heavy (non-hydrogen) atoms. The van der Waals surface area contributed by atoms with Gasteiger partial charge in [0.2, 0.25) is 0 Å². The number of ketones is 2. The lowest BCUT2D eigenvalue weighted by Crippen LogP contribution is -2.22. The standard InChI is InChI=1S/C16H11N3O4/c1-22-15-9-10(16(23-2)12-11(15)17-19-18-12)14(21)8-6-4-3-5-7(8)13(9)20/h3-6H,1-2H3,(H,17,18,19). The number of benzene rings is 2. The number of aromatic amines is 1. The van der Waals surface area contributed by atoms with Crippen LogP contribution in [0, 0.1) is 0 Å². The van der Waals surface area contributed by atoms with Crippen LogP contribution < -0.4 is 9.47 Å². The van der Waals surface area contributed by atoms with E-state index in [2.05, 4.69) is 15.4 Å². The van der Waals surface area contributed by atoms with Crippen molar-refractivity contribution in [3.63, 3.8) is 0 Å². The Labute approximate surface area is 130 Å². The highest BCUT2D eigenvalue weighted by atomic mass is 16.5.